The van der Waals surface area contributed by atoms with E-state index in [2.05, 4.69) is 58.4 Å². The number of ether oxygens (including phenoxy) is 1. The maximum absolute atomic E-state index is 12.3. The highest BCUT2D eigenvalue weighted by Crippen LogP contribution is 2.27. The number of H-pyrrole nitrogens is 1. The van der Waals surface area contributed by atoms with Crippen LogP contribution in [0.15, 0.2) is 71.6 Å². The van der Waals surface area contributed by atoms with Gasteiger partial charge in [-0.25, -0.2) is 14.8 Å². The van der Waals surface area contributed by atoms with Crippen LogP contribution in [0.1, 0.15) is 47.6 Å². The molecule has 0 spiro atoms. The second-order valence-electron chi connectivity index (χ2n) is 9.88. The van der Waals surface area contributed by atoms with Crippen molar-refractivity contribution >= 4 is 34.8 Å². The Bertz CT molecular complexity index is 1320. The molecular weight excluding hydrogens is 506 g/mol. The molecule has 208 valence electrons. The van der Waals surface area contributed by atoms with Crippen molar-refractivity contribution in [2.24, 2.45) is 0 Å². The number of aromatic amines is 1. The fourth-order valence-corrected chi connectivity index (χ4v) is 4.94. The van der Waals surface area contributed by atoms with Gasteiger partial charge in [0.05, 0.1) is 5.52 Å². The SMILES string of the molecule is C.CC.CC(C)(C)OC(=O)N1CCN(c2ccc3[nH]c(-c4ccc(SCc5ccccc5)cc4)nc3n2)CC1. The molecule has 1 aliphatic rings. The smallest absolute Gasteiger partial charge is 0.410 e. The van der Waals surface area contributed by atoms with Gasteiger partial charge in [-0.05, 0) is 50.6 Å². The van der Waals surface area contributed by atoms with Gasteiger partial charge in [0.1, 0.15) is 17.2 Å². The molecule has 0 saturated carbocycles. The van der Waals surface area contributed by atoms with Crippen molar-refractivity contribution in [3.05, 3.63) is 72.3 Å². The van der Waals surface area contributed by atoms with E-state index in [-0.39, 0.29) is 13.5 Å². The van der Waals surface area contributed by atoms with Crippen LogP contribution in [0, 0.1) is 0 Å². The lowest BCUT2D eigenvalue weighted by Crippen LogP contribution is -2.50. The number of anilines is 1. The number of nitrogens with one attached hydrogen (secondary N) is 1. The van der Waals surface area contributed by atoms with E-state index in [9.17, 15) is 4.79 Å². The van der Waals surface area contributed by atoms with Gasteiger partial charge >= 0.3 is 6.09 Å². The van der Waals surface area contributed by atoms with Crippen LogP contribution in [-0.4, -0.2) is 57.7 Å². The summed E-state index contributed by atoms with van der Waals surface area (Å²) in [5.41, 5.74) is 3.46. The summed E-state index contributed by atoms with van der Waals surface area (Å²) >= 11 is 1.82. The third kappa shape index (κ3) is 7.99. The van der Waals surface area contributed by atoms with Gasteiger partial charge in [-0.1, -0.05) is 63.7 Å². The number of carbonyl (C=O) groups excluding carboxylic acids is 1. The van der Waals surface area contributed by atoms with Gasteiger partial charge in [-0.15, -0.1) is 11.8 Å². The third-order valence-electron chi connectivity index (χ3n) is 5.96. The van der Waals surface area contributed by atoms with E-state index < -0.39 is 5.60 Å². The summed E-state index contributed by atoms with van der Waals surface area (Å²) in [6.45, 7) is 12.3. The zero-order valence-electron chi connectivity index (χ0n) is 22.9. The Labute approximate surface area is 237 Å². The molecule has 1 fully saturated rings. The van der Waals surface area contributed by atoms with Crippen molar-refractivity contribution in [1.29, 1.82) is 0 Å². The summed E-state index contributed by atoms with van der Waals surface area (Å²) in [4.78, 5) is 30.5. The van der Waals surface area contributed by atoms with E-state index in [1.54, 1.807) is 4.90 Å². The van der Waals surface area contributed by atoms with Crippen LogP contribution in [0.3, 0.4) is 0 Å². The molecule has 1 saturated heterocycles. The van der Waals surface area contributed by atoms with Crippen molar-refractivity contribution in [3.8, 4) is 11.4 Å². The van der Waals surface area contributed by atoms with Gasteiger partial charge < -0.3 is 19.5 Å². The lowest BCUT2D eigenvalue weighted by Gasteiger charge is -2.36. The second kappa shape index (κ2) is 13.5. The average molecular weight is 548 g/mol. The van der Waals surface area contributed by atoms with Crippen molar-refractivity contribution in [2.75, 3.05) is 31.1 Å². The molecule has 2 aromatic heterocycles. The van der Waals surface area contributed by atoms with Gasteiger partial charge in [-0.3, -0.25) is 0 Å². The van der Waals surface area contributed by atoms with E-state index >= 15 is 0 Å². The zero-order valence-corrected chi connectivity index (χ0v) is 23.7. The molecule has 5 rings (SSSR count). The molecule has 7 nitrogen and oxygen atoms in total. The highest BCUT2D eigenvalue weighted by atomic mass is 32.2. The number of pyridine rings is 1. The summed E-state index contributed by atoms with van der Waals surface area (Å²) in [6, 6.07) is 23.0. The first-order valence-corrected chi connectivity index (χ1v) is 14.2. The van der Waals surface area contributed by atoms with Crippen molar-refractivity contribution in [3.63, 3.8) is 0 Å². The molecule has 0 unspecified atom stereocenters. The number of benzene rings is 2. The minimum Gasteiger partial charge on any atom is -0.444 e. The molecule has 3 heterocycles. The number of hydrogen-bond acceptors (Lipinski definition) is 6. The standard InChI is InChI=1S/C28H31N5O2S.C2H6.CH4/c1-28(2,3)35-27(34)33-17-15-32(16-18-33)24-14-13-23-26(30-24)31-25(29-23)21-9-11-22(12-10-21)36-19-20-7-5-4-6-8-20;1-2;/h4-14H,15-19H2,1-3H3,(H,29,30,31);1-2H3;1H4. The highest BCUT2D eigenvalue weighted by Gasteiger charge is 2.26. The Morgan fingerprint density at radius 3 is 2.23 bits per heavy atom. The Hall–Kier alpha value is -3.52. The molecule has 0 radical (unpaired) electrons. The van der Waals surface area contributed by atoms with E-state index in [0.29, 0.717) is 31.8 Å². The average Bonchev–Trinajstić information content (AvgIpc) is 3.37. The normalized spacial score (nSPS) is 13.4. The summed E-state index contributed by atoms with van der Waals surface area (Å²) in [7, 11) is 0. The number of rotatable bonds is 5. The maximum atomic E-state index is 12.3. The van der Waals surface area contributed by atoms with Gasteiger partial charge in [-0.2, -0.15) is 0 Å². The number of amides is 1. The number of piperazine rings is 1. The third-order valence-corrected chi connectivity index (χ3v) is 7.05. The molecule has 2 aromatic carbocycles. The Balaban J connectivity index is 0.00000137. The van der Waals surface area contributed by atoms with Gasteiger partial charge in [0, 0.05) is 42.4 Å². The number of nitrogens with zero attached hydrogens (tertiary/aromatic N) is 4. The number of carbonyl (C=O) groups is 1. The van der Waals surface area contributed by atoms with Gasteiger partial charge in [0.25, 0.3) is 0 Å². The summed E-state index contributed by atoms with van der Waals surface area (Å²) in [5.74, 6) is 2.63. The second-order valence-corrected chi connectivity index (χ2v) is 10.9. The molecule has 4 aromatic rings. The fraction of sp³-hybridized carbons (Fsp3) is 0.387. The topological polar surface area (TPSA) is 74.3 Å². The van der Waals surface area contributed by atoms with E-state index in [1.165, 1.54) is 10.5 Å². The number of aromatic nitrogens is 3. The lowest BCUT2D eigenvalue weighted by molar-refractivity contribution is 0.0240. The molecule has 39 heavy (non-hydrogen) atoms. The van der Waals surface area contributed by atoms with E-state index in [1.807, 2.05) is 64.6 Å². The van der Waals surface area contributed by atoms with Crippen LogP contribution < -0.4 is 4.90 Å². The fourth-order valence-electron chi connectivity index (χ4n) is 4.09. The van der Waals surface area contributed by atoms with E-state index in [0.717, 1.165) is 28.5 Å². The minimum atomic E-state index is -0.486. The van der Waals surface area contributed by atoms with Gasteiger partial charge in [0.15, 0.2) is 5.65 Å². The molecular formula is C31H41N5O2S. The van der Waals surface area contributed by atoms with Crippen LogP contribution in [0.2, 0.25) is 0 Å². The zero-order chi connectivity index (χ0) is 27.1. The maximum Gasteiger partial charge on any atom is 0.410 e. The Morgan fingerprint density at radius 2 is 1.59 bits per heavy atom. The van der Waals surface area contributed by atoms with Crippen LogP contribution in [0.4, 0.5) is 10.6 Å². The van der Waals surface area contributed by atoms with Crippen molar-refractivity contribution in [2.45, 2.75) is 58.3 Å². The first-order valence-electron chi connectivity index (χ1n) is 13.2. The molecule has 0 aliphatic carbocycles. The number of thioether (sulfide) groups is 1. The molecule has 8 heteroatoms. The van der Waals surface area contributed by atoms with E-state index in [4.69, 9.17) is 14.7 Å². The van der Waals surface area contributed by atoms with Crippen LogP contribution in [0.25, 0.3) is 22.6 Å². The number of imidazole rings is 1. The highest BCUT2D eigenvalue weighted by molar-refractivity contribution is 7.98. The van der Waals surface area contributed by atoms with Crippen molar-refractivity contribution < 1.29 is 9.53 Å². The predicted molar refractivity (Wildman–Crippen MR) is 163 cm³/mol. The van der Waals surface area contributed by atoms with Crippen LogP contribution in [-0.2, 0) is 10.5 Å². The quantitative estimate of drug-likeness (QED) is 0.259. The van der Waals surface area contributed by atoms with Gasteiger partial charge in [0.2, 0.25) is 0 Å². The number of fused-ring (bicyclic) bond motifs is 1. The number of hydrogen-bond donors (Lipinski definition) is 1. The predicted octanol–water partition coefficient (Wildman–Crippen LogP) is 7.64. The van der Waals surface area contributed by atoms with Crippen LogP contribution >= 0.6 is 11.8 Å². The first-order chi connectivity index (χ1) is 18.3. The molecule has 1 aliphatic heterocycles. The lowest BCUT2D eigenvalue weighted by atomic mass is 10.2. The Kier molecular flexibility index (Phi) is 10.4. The minimum absolute atomic E-state index is 0. The summed E-state index contributed by atoms with van der Waals surface area (Å²) in [6.07, 6.45) is -0.257. The Morgan fingerprint density at radius 1 is 0.923 bits per heavy atom. The molecule has 0 bridgehead atoms. The molecule has 0 atom stereocenters. The van der Waals surface area contributed by atoms with Crippen molar-refractivity contribution in [1.82, 2.24) is 19.9 Å². The monoisotopic (exact) mass is 547 g/mol. The first kappa shape index (κ1) is 30.0. The molecule has 1 N–H and O–H groups in total. The largest absolute Gasteiger partial charge is 0.444 e. The summed E-state index contributed by atoms with van der Waals surface area (Å²) < 4.78 is 5.50. The summed E-state index contributed by atoms with van der Waals surface area (Å²) in [5, 5.41) is 0. The molecule has 1 amide bonds. The van der Waals surface area contributed by atoms with Crippen LogP contribution in [0.5, 0.6) is 0 Å².